The number of para-hydroxylation sites is 2. The molecule has 7 heteroatoms. The summed E-state index contributed by atoms with van der Waals surface area (Å²) >= 11 is 6.19. The van der Waals surface area contributed by atoms with E-state index in [4.69, 9.17) is 11.6 Å². The summed E-state index contributed by atoms with van der Waals surface area (Å²) in [5.74, 6) is -1.13. The van der Waals surface area contributed by atoms with Crippen molar-refractivity contribution in [2.75, 3.05) is 16.8 Å². The number of hydrogen-bond donors (Lipinski definition) is 2. The van der Waals surface area contributed by atoms with Gasteiger partial charge in [0.1, 0.15) is 0 Å². The number of nitrogens with one attached hydrogen (secondary N) is 2. The van der Waals surface area contributed by atoms with E-state index in [1.165, 1.54) is 4.90 Å². The molecule has 0 bridgehead atoms. The van der Waals surface area contributed by atoms with Crippen LogP contribution in [0.1, 0.15) is 29.6 Å². The van der Waals surface area contributed by atoms with E-state index in [2.05, 4.69) is 10.6 Å². The normalized spacial score (nSPS) is 18.8. The average molecular weight is 398 g/mol. The summed E-state index contributed by atoms with van der Waals surface area (Å²) in [5, 5.41) is 6.22. The van der Waals surface area contributed by atoms with Gasteiger partial charge in [-0.3, -0.25) is 14.4 Å². The molecular formula is C21H20ClN3O3. The van der Waals surface area contributed by atoms with Gasteiger partial charge in [0.05, 0.1) is 27.9 Å². The Labute approximate surface area is 167 Å². The van der Waals surface area contributed by atoms with Crippen LogP contribution < -0.4 is 15.5 Å². The first-order valence-corrected chi connectivity index (χ1v) is 9.66. The Morgan fingerprint density at radius 1 is 1.04 bits per heavy atom. The number of amides is 3. The maximum atomic E-state index is 12.8. The molecule has 0 aromatic heterocycles. The first-order valence-electron chi connectivity index (χ1n) is 9.28. The van der Waals surface area contributed by atoms with Crippen LogP contribution in [0.15, 0.2) is 48.5 Å². The van der Waals surface area contributed by atoms with Crippen molar-refractivity contribution < 1.29 is 14.4 Å². The minimum Gasteiger partial charge on any atom is -0.349 e. The molecular weight excluding hydrogens is 378 g/mol. The zero-order chi connectivity index (χ0) is 19.7. The van der Waals surface area contributed by atoms with Crippen molar-refractivity contribution in [3.63, 3.8) is 0 Å². The van der Waals surface area contributed by atoms with Crippen LogP contribution in [0.4, 0.5) is 11.4 Å². The fraction of sp³-hybridized carbons (Fsp3) is 0.286. The molecule has 2 aromatic carbocycles. The van der Waals surface area contributed by atoms with Gasteiger partial charge < -0.3 is 15.5 Å². The Bertz CT molecular complexity index is 942. The van der Waals surface area contributed by atoms with E-state index in [1.54, 1.807) is 48.5 Å². The first-order chi connectivity index (χ1) is 13.5. The molecule has 1 aliphatic heterocycles. The number of halogens is 1. The summed E-state index contributed by atoms with van der Waals surface area (Å²) in [4.78, 5) is 39.1. The van der Waals surface area contributed by atoms with Gasteiger partial charge in [0.25, 0.3) is 5.91 Å². The molecule has 4 rings (SSSR count). The lowest BCUT2D eigenvalue weighted by molar-refractivity contribution is -0.122. The second-order valence-corrected chi connectivity index (χ2v) is 7.55. The maximum absolute atomic E-state index is 12.8. The summed E-state index contributed by atoms with van der Waals surface area (Å²) in [6, 6.07) is 14.2. The number of hydrogen-bond acceptors (Lipinski definition) is 3. The monoisotopic (exact) mass is 397 g/mol. The number of anilines is 2. The highest BCUT2D eigenvalue weighted by Crippen LogP contribution is 2.31. The van der Waals surface area contributed by atoms with E-state index < -0.39 is 5.92 Å². The standard InChI is InChI=1S/C21H20ClN3O3/c22-16-6-2-4-8-18(16)25-12-13(11-19(25)26)20(27)24-17-7-3-1-5-15(17)21(28)23-14-9-10-14/h1-8,13-14H,9-12H2,(H,23,28)(H,24,27)/t13-/m0/s1. The van der Waals surface area contributed by atoms with Crippen molar-refractivity contribution >= 4 is 40.7 Å². The van der Waals surface area contributed by atoms with Crippen LogP contribution in [0, 0.1) is 5.92 Å². The second kappa shape index (κ2) is 7.64. The Morgan fingerprint density at radius 3 is 2.50 bits per heavy atom. The zero-order valence-corrected chi connectivity index (χ0v) is 15.9. The van der Waals surface area contributed by atoms with E-state index in [1.807, 2.05) is 0 Å². The molecule has 1 heterocycles. The Balaban J connectivity index is 1.47. The van der Waals surface area contributed by atoms with Crippen molar-refractivity contribution in [1.29, 1.82) is 0 Å². The quantitative estimate of drug-likeness (QED) is 0.813. The van der Waals surface area contributed by atoms with Gasteiger partial charge in [-0.2, -0.15) is 0 Å². The summed E-state index contributed by atoms with van der Waals surface area (Å²) < 4.78 is 0. The maximum Gasteiger partial charge on any atom is 0.253 e. The van der Waals surface area contributed by atoms with Crippen LogP contribution >= 0.6 is 11.6 Å². The van der Waals surface area contributed by atoms with E-state index in [0.29, 0.717) is 22.0 Å². The van der Waals surface area contributed by atoms with Crippen LogP contribution in [0.25, 0.3) is 0 Å². The Hall–Kier alpha value is -2.86. The van der Waals surface area contributed by atoms with Gasteiger partial charge in [0.15, 0.2) is 0 Å². The molecule has 1 atom stereocenters. The van der Waals surface area contributed by atoms with Gasteiger partial charge in [-0.1, -0.05) is 35.9 Å². The highest BCUT2D eigenvalue weighted by Gasteiger charge is 2.36. The van der Waals surface area contributed by atoms with Crippen molar-refractivity contribution in [2.45, 2.75) is 25.3 Å². The lowest BCUT2D eigenvalue weighted by atomic mass is 10.1. The van der Waals surface area contributed by atoms with Crippen molar-refractivity contribution in [1.82, 2.24) is 5.32 Å². The number of nitrogens with zero attached hydrogens (tertiary/aromatic N) is 1. The largest absolute Gasteiger partial charge is 0.349 e. The summed E-state index contributed by atoms with van der Waals surface area (Å²) in [6.45, 7) is 0.255. The highest BCUT2D eigenvalue weighted by molar-refractivity contribution is 6.34. The molecule has 0 radical (unpaired) electrons. The SMILES string of the molecule is O=C(NC1CC1)c1ccccc1NC(=O)[C@H]1CC(=O)N(c2ccccc2Cl)C1. The van der Waals surface area contributed by atoms with Crippen LogP contribution in [0.5, 0.6) is 0 Å². The summed E-state index contributed by atoms with van der Waals surface area (Å²) in [7, 11) is 0. The third kappa shape index (κ3) is 3.87. The molecule has 2 aliphatic rings. The molecule has 1 aliphatic carbocycles. The minimum absolute atomic E-state index is 0.105. The van der Waals surface area contributed by atoms with Gasteiger partial charge in [0.2, 0.25) is 11.8 Å². The number of carbonyl (C=O) groups is 3. The van der Waals surface area contributed by atoms with Crippen LogP contribution in [0.2, 0.25) is 5.02 Å². The van der Waals surface area contributed by atoms with Crippen molar-refractivity contribution in [3.05, 3.63) is 59.1 Å². The zero-order valence-electron chi connectivity index (χ0n) is 15.2. The molecule has 0 spiro atoms. The number of carbonyl (C=O) groups excluding carboxylic acids is 3. The molecule has 1 saturated heterocycles. The molecule has 28 heavy (non-hydrogen) atoms. The molecule has 6 nitrogen and oxygen atoms in total. The average Bonchev–Trinajstić information content (AvgIpc) is 3.41. The first kappa shape index (κ1) is 18.5. The lowest BCUT2D eigenvalue weighted by Gasteiger charge is -2.18. The third-order valence-corrected chi connectivity index (χ3v) is 5.30. The van der Waals surface area contributed by atoms with E-state index >= 15 is 0 Å². The summed E-state index contributed by atoms with van der Waals surface area (Å²) in [5.41, 5.74) is 1.48. The van der Waals surface area contributed by atoms with E-state index in [-0.39, 0.29) is 36.7 Å². The fourth-order valence-corrected chi connectivity index (χ4v) is 3.54. The van der Waals surface area contributed by atoms with Gasteiger partial charge in [-0.05, 0) is 37.1 Å². The highest BCUT2D eigenvalue weighted by atomic mass is 35.5. The van der Waals surface area contributed by atoms with Gasteiger partial charge in [-0.25, -0.2) is 0 Å². The van der Waals surface area contributed by atoms with E-state index in [0.717, 1.165) is 12.8 Å². The Kier molecular flexibility index (Phi) is 5.05. The van der Waals surface area contributed by atoms with Gasteiger partial charge >= 0.3 is 0 Å². The van der Waals surface area contributed by atoms with Crippen LogP contribution in [0.3, 0.4) is 0 Å². The van der Waals surface area contributed by atoms with Crippen molar-refractivity contribution in [3.8, 4) is 0 Å². The minimum atomic E-state index is -0.511. The predicted molar refractivity (Wildman–Crippen MR) is 107 cm³/mol. The second-order valence-electron chi connectivity index (χ2n) is 7.14. The lowest BCUT2D eigenvalue weighted by Crippen LogP contribution is -2.30. The van der Waals surface area contributed by atoms with Crippen LogP contribution in [-0.4, -0.2) is 30.3 Å². The number of rotatable bonds is 5. The molecule has 2 N–H and O–H groups in total. The molecule has 1 saturated carbocycles. The van der Waals surface area contributed by atoms with Gasteiger partial charge in [0, 0.05) is 19.0 Å². The predicted octanol–water partition coefficient (Wildman–Crippen LogP) is 3.22. The third-order valence-electron chi connectivity index (χ3n) is 4.98. The molecule has 0 unspecified atom stereocenters. The van der Waals surface area contributed by atoms with Crippen molar-refractivity contribution in [2.24, 2.45) is 5.92 Å². The fourth-order valence-electron chi connectivity index (χ4n) is 3.30. The molecule has 2 fully saturated rings. The summed E-state index contributed by atoms with van der Waals surface area (Å²) in [6.07, 6.45) is 2.08. The molecule has 2 aromatic rings. The van der Waals surface area contributed by atoms with Crippen LogP contribution in [-0.2, 0) is 9.59 Å². The van der Waals surface area contributed by atoms with E-state index in [9.17, 15) is 14.4 Å². The molecule has 3 amide bonds. The Morgan fingerprint density at radius 2 is 1.75 bits per heavy atom. The molecule has 144 valence electrons. The topological polar surface area (TPSA) is 78.5 Å². The smallest absolute Gasteiger partial charge is 0.253 e. The van der Waals surface area contributed by atoms with Gasteiger partial charge in [-0.15, -0.1) is 0 Å². The number of benzene rings is 2.